The summed E-state index contributed by atoms with van der Waals surface area (Å²) in [7, 11) is 1.55. The van der Waals surface area contributed by atoms with Gasteiger partial charge < -0.3 is 15.4 Å². The van der Waals surface area contributed by atoms with E-state index in [4.69, 9.17) is 10.00 Å². The topological polar surface area (TPSA) is 91.2 Å². The van der Waals surface area contributed by atoms with Crippen LogP contribution in [0.5, 0.6) is 5.75 Å². The maximum Gasteiger partial charge on any atom is 0.255 e. The van der Waals surface area contributed by atoms with Crippen LogP contribution in [-0.4, -0.2) is 18.9 Å². The van der Waals surface area contributed by atoms with E-state index in [1.165, 1.54) is 6.07 Å². The lowest BCUT2D eigenvalue weighted by atomic mass is 10.1. The summed E-state index contributed by atoms with van der Waals surface area (Å²) < 4.78 is 5.14. The number of nitriles is 1. The van der Waals surface area contributed by atoms with Crippen molar-refractivity contribution in [2.24, 2.45) is 0 Å². The number of benzene rings is 3. The second kappa shape index (κ2) is 8.52. The van der Waals surface area contributed by atoms with Gasteiger partial charge in [-0.3, -0.25) is 9.59 Å². The Hall–Kier alpha value is -4.11. The highest BCUT2D eigenvalue weighted by Gasteiger charge is 2.12. The normalized spacial score (nSPS) is 9.86. The second-order valence-corrected chi connectivity index (χ2v) is 5.91. The standard InChI is InChI=1S/C22H17N3O3/c1-28-20-10-4-9-19(13-20)25-22(27)17-7-3-6-16(12-17)21(26)24-18-8-2-5-15(11-18)14-23/h2-13H,1H3,(H,24,26)(H,25,27). The van der Waals surface area contributed by atoms with Gasteiger partial charge in [-0.1, -0.05) is 18.2 Å². The molecule has 0 bridgehead atoms. The fourth-order valence-corrected chi connectivity index (χ4v) is 2.58. The molecule has 28 heavy (non-hydrogen) atoms. The molecule has 0 atom stereocenters. The molecule has 6 nitrogen and oxygen atoms in total. The Labute approximate surface area is 162 Å². The third-order valence-electron chi connectivity index (χ3n) is 3.96. The molecule has 0 saturated heterocycles. The molecular weight excluding hydrogens is 354 g/mol. The zero-order valence-corrected chi connectivity index (χ0v) is 15.1. The summed E-state index contributed by atoms with van der Waals surface area (Å²) in [5, 5.41) is 14.5. The maximum atomic E-state index is 12.5. The third-order valence-corrected chi connectivity index (χ3v) is 3.96. The third kappa shape index (κ3) is 4.54. The Morgan fingerprint density at radius 1 is 0.821 bits per heavy atom. The highest BCUT2D eigenvalue weighted by molar-refractivity contribution is 6.08. The van der Waals surface area contributed by atoms with Crippen LogP contribution < -0.4 is 15.4 Å². The van der Waals surface area contributed by atoms with Gasteiger partial charge in [0.1, 0.15) is 5.75 Å². The van der Waals surface area contributed by atoms with E-state index in [9.17, 15) is 9.59 Å². The Balaban J connectivity index is 1.74. The van der Waals surface area contributed by atoms with Crippen molar-refractivity contribution in [1.29, 1.82) is 5.26 Å². The summed E-state index contributed by atoms with van der Waals surface area (Å²) in [5.41, 5.74) is 2.23. The fourth-order valence-electron chi connectivity index (χ4n) is 2.58. The first kappa shape index (κ1) is 18.7. The number of ether oxygens (including phenoxy) is 1. The fraction of sp³-hybridized carbons (Fsp3) is 0.0455. The molecule has 3 rings (SSSR count). The lowest BCUT2D eigenvalue weighted by Crippen LogP contribution is -2.15. The Morgan fingerprint density at radius 3 is 2.00 bits per heavy atom. The number of anilines is 2. The molecule has 2 N–H and O–H groups in total. The Bertz CT molecular complexity index is 1070. The molecule has 0 unspecified atom stereocenters. The van der Waals surface area contributed by atoms with E-state index in [0.29, 0.717) is 33.8 Å². The summed E-state index contributed by atoms with van der Waals surface area (Å²) in [4.78, 5) is 25.0. The Morgan fingerprint density at radius 2 is 1.39 bits per heavy atom. The van der Waals surface area contributed by atoms with Gasteiger partial charge in [-0.15, -0.1) is 0 Å². The number of carbonyl (C=O) groups is 2. The molecule has 0 aromatic heterocycles. The second-order valence-electron chi connectivity index (χ2n) is 5.91. The largest absolute Gasteiger partial charge is 0.497 e. The van der Waals surface area contributed by atoms with Crippen LogP contribution in [0.4, 0.5) is 11.4 Å². The van der Waals surface area contributed by atoms with Crippen LogP contribution in [-0.2, 0) is 0 Å². The SMILES string of the molecule is COc1cccc(NC(=O)c2cccc(C(=O)Nc3cccc(C#N)c3)c2)c1. The summed E-state index contributed by atoms with van der Waals surface area (Å²) in [5.74, 6) is -0.0778. The van der Waals surface area contributed by atoms with Crippen molar-refractivity contribution in [3.8, 4) is 11.8 Å². The highest BCUT2D eigenvalue weighted by atomic mass is 16.5. The van der Waals surface area contributed by atoms with E-state index in [1.54, 1.807) is 73.8 Å². The molecule has 0 aliphatic heterocycles. The predicted octanol–water partition coefficient (Wildman–Crippen LogP) is 4.07. The molecule has 2 amide bonds. The van der Waals surface area contributed by atoms with Crippen molar-refractivity contribution in [3.63, 3.8) is 0 Å². The van der Waals surface area contributed by atoms with Gasteiger partial charge in [0.25, 0.3) is 11.8 Å². The molecule has 6 heteroatoms. The van der Waals surface area contributed by atoms with E-state index in [2.05, 4.69) is 10.6 Å². The number of hydrogen-bond donors (Lipinski definition) is 2. The number of hydrogen-bond acceptors (Lipinski definition) is 4. The minimum Gasteiger partial charge on any atom is -0.497 e. The van der Waals surface area contributed by atoms with Gasteiger partial charge in [0.2, 0.25) is 0 Å². The zero-order valence-electron chi connectivity index (χ0n) is 15.1. The smallest absolute Gasteiger partial charge is 0.255 e. The van der Waals surface area contributed by atoms with Gasteiger partial charge in [-0.2, -0.15) is 5.26 Å². The molecule has 0 aliphatic rings. The monoisotopic (exact) mass is 371 g/mol. The van der Waals surface area contributed by atoms with E-state index in [-0.39, 0.29) is 11.8 Å². The molecule has 0 heterocycles. The van der Waals surface area contributed by atoms with Gasteiger partial charge in [0.05, 0.1) is 18.7 Å². The van der Waals surface area contributed by atoms with Crippen LogP contribution in [0.2, 0.25) is 0 Å². The minimum atomic E-state index is -0.369. The quantitative estimate of drug-likeness (QED) is 0.707. The number of methoxy groups -OCH3 is 1. The average molecular weight is 371 g/mol. The number of rotatable bonds is 5. The van der Waals surface area contributed by atoms with Crippen molar-refractivity contribution < 1.29 is 14.3 Å². The van der Waals surface area contributed by atoms with Gasteiger partial charge in [0.15, 0.2) is 0 Å². The van der Waals surface area contributed by atoms with Crippen LogP contribution in [0, 0.1) is 11.3 Å². The highest BCUT2D eigenvalue weighted by Crippen LogP contribution is 2.18. The van der Waals surface area contributed by atoms with Gasteiger partial charge >= 0.3 is 0 Å². The summed E-state index contributed by atoms with van der Waals surface area (Å²) in [6.07, 6.45) is 0. The van der Waals surface area contributed by atoms with E-state index >= 15 is 0 Å². The lowest BCUT2D eigenvalue weighted by Gasteiger charge is -2.09. The van der Waals surface area contributed by atoms with Gasteiger partial charge in [-0.05, 0) is 48.5 Å². The molecule has 138 valence electrons. The summed E-state index contributed by atoms with van der Waals surface area (Å²) >= 11 is 0. The van der Waals surface area contributed by atoms with E-state index in [1.807, 2.05) is 6.07 Å². The van der Waals surface area contributed by atoms with Crippen LogP contribution in [0.25, 0.3) is 0 Å². The summed E-state index contributed by atoms with van der Waals surface area (Å²) in [6.45, 7) is 0. The number of carbonyl (C=O) groups excluding carboxylic acids is 2. The van der Waals surface area contributed by atoms with Crippen molar-refractivity contribution in [2.45, 2.75) is 0 Å². The van der Waals surface area contributed by atoms with E-state index < -0.39 is 0 Å². The van der Waals surface area contributed by atoms with E-state index in [0.717, 1.165) is 0 Å². The van der Waals surface area contributed by atoms with Crippen molar-refractivity contribution in [3.05, 3.63) is 89.5 Å². The molecular formula is C22H17N3O3. The first-order chi connectivity index (χ1) is 13.6. The van der Waals surface area contributed by atoms with Crippen molar-refractivity contribution >= 4 is 23.2 Å². The number of nitrogens with one attached hydrogen (secondary N) is 2. The molecule has 3 aromatic carbocycles. The van der Waals surface area contributed by atoms with Gasteiger partial charge in [-0.25, -0.2) is 0 Å². The molecule has 0 fully saturated rings. The summed E-state index contributed by atoms with van der Waals surface area (Å²) in [6, 6.07) is 22.0. The molecule has 0 aliphatic carbocycles. The number of nitrogens with zero attached hydrogens (tertiary/aromatic N) is 1. The maximum absolute atomic E-state index is 12.5. The van der Waals surface area contributed by atoms with Gasteiger partial charge in [0, 0.05) is 28.6 Å². The number of amides is 2. The molecule has 0 saturated carbocycles. The Kier molecular flexibility index (Phi) is 5.68. The minimum absolute atomic E-state index is 0.334. The van der Waals surface area contributed by atoms with Crippen LogP contribution in [0.15, 0.2) is 72.8 Å². The predicted molar refractivity (Wildman–Crippen MR) is 106 cm³/mol. The average Bonchev–Trinajstić information content (AvgIpc) is 2.74. The van der Waals surface area contributed by atoms with Crippen LogP contribution in [0.1, 0.15) is 26.3 Å². The van der Waals surface area contributed by atoms with Crippen LogP contribution in [0.3, 0.4) is 0 Å². The van der Waals surface area contributed by atoms with Crippen molar-refractivity contribution in [2.75, 3.05) is 17.7 Å². The van der Waals surface area contributed by atoms with Crippen LogP contribution >= 0.6 is 0 Å². The molecule has 3 aromatic rings. The lowest BCUT2D eigenvalue weighted by molar-refractivity contribution is 0.102. The first-order valence-corrected chi connectivity index (χ1v) is 8.46. The zero-order chi connectivity index (χ0) is 19.9. The molecule has 0 radical (unpaired) electrons. The molecule has 0 spiro atoms. The van der Waals surface area contributed by atoms with Crippen molar-refractivity contribution in [1.82, 2.24) is 0 Å². The first-order valence-electron chi connectivity index (χ1n) is 8.46.